The number of hydrogen-bond donors (Lipinski definition) is 0. The molecule has 4 rings (SSSR count). The minimum Gasteiger partial charge on any atom is -0.454 e. The quantitative estimate of drug-likeness (QED) is 0.626. The summed E-state index contributed by atoms with van der Waals surface area (Å²) in [7, 11) is 0. The Bertz CT molecular complexity index is 954. The lowest BCUT2D eigenvalue weighted by molar-refractivity contribution is -0.155. The van der Waals surface area contributed by atoms with Gasteiger partial charge < -0.3 is 14.5 Å². The van der Waals surface area contributed by atoms with Gasteiger partial charge in [-0.2, -0.15) is 0 Å². The first kappa shape index (κ1) is 22.5. The van der Waals surface area contributed by atoms with Crippen LogP contribution in [0.15, 0.2) is 41.8 Å². The van der Waals surface area contributed by atoms with Crippen LogP contribution in [0.5, 0.6) is 0 Å². The van der Waals surface area contributed by atoms with E-state index in [0.29, 0.717) is 30.9 Å². The van der Waals surface area contributed by atoms with E-state index in [-0.39, 0.29) is 18.4 Å². The molecule has 170 valence electrons. The predicted octanol–water partition coefficient (Wildman–Crippen LogP) is 2.55. The van der Waals surface area contributed by atoms with Gasteiger partial charge >= 0.3 is 5.97 Å². The molecule has 7 nitrogen and oxygen atoms in total. The van der Waals surface area contributed by atoms with Crippen molar-refractivity contribution in [1.82, 2.24) is 14.7 Å². The van der Waals surface area contributed by atoms with Gasteiger partial charge in [-0.05, 0) is 36.8 Å². The molecule has 1 atom stereocenters. The molecule has 8 heteroatoms. The van der Waals surface area contributed by atoms with Gasteiger partial charge in [-0.3, -0.25) is 14.5 Å². The van der Waals surface area contributed by atoms with Gasteiger partial charge in [0, 0.05) is 39.3 Å². The summed E-state index contributed by atoms with van der Waals surface area (Å²) in [6.45, 7) is 6.04. The first-order valence-electron chi connectivity index (χ1n) is 11.1. The van der Waals surface area contributed by atoms with Crippen molar-refractivity contribution in [2.75, 3.05) is 39.3 Å². The summed E-state index contributed by atoms with van der Waals surface area (Å²) in [4.78, 5) is 44.1. The van der Waals surface area contributed by atoms with Crippen molar-refractivity contribution < 1.29 is 19.1 Å². The normalized spacial score (nSPS) is 19.2. The number of carbonyl (C=O) groups excluding carboxylic acids is 3. The number of nitrogens with zero attached hydrogens (tertiary/aromatic N) is 3. The molecule has 2 aliphatic rings. The van der Waals surface area contributed by atoms with Gasteiger partial charge in [0.25, 0.3) is 11.8 Å². The summed E-state index contributed by atoms with van der Waals surface area (Å²) in [6.07, 6.45) is 1.33. The fourth-order valence-electron chi connectivity index (χ4n) is 4.34. The molecule has 3 heterocycles. The lowest BCUT2D eigenvalue weighted by Gasteiger charge is -2.34. The molecule has 2 saturated heterocycles. The summed E-state index contributed by atoms with van der Waals surface area (Å²) in [6, 6.07) is 11.4. The van der Waals surface area contributed by atoms with Crippen LogP contribution in [0.1, 0.15) is 33.6 Å². The van der Waals surface area contributed by atoms with E-state index < -0.39 is 12.0 Å². The second-order valence-corrected chi connectivity index (χ2v) is 9.34. The van der Waals surface area contributed by atoms with E-state index in [0.717, 1.165) is 26.1 Å². The van der Waals surface area contributed by atoms with Gasteiger partial charge in [0.05, 0.1) is 4.88 Å². The van der Waals surface area contributed by atoms with Gasteiger partial charge in [-0.1, -0.05) is 35.9 Å². The lowest BCUT2D eigenvalue weighted by Crippen LogP contribution is -2.49. The highest BCUT2D eigenvalue weighted by molar-refractivity contribution is 7.12. The lowest BCUT2D eigenvalue weighted by atomic mass is 10.1. The highest BCUT2D eigenvalue weighted by atomic mass is 32.1. The molecule has 0 N–H and O–H groups in total. The molecule has 1 aromatic carbocycles. The van der Waals surface area contributed by atoms with E-state index in [9.17, 15) is 14.4 Å². The van der Waals surface area contributed by atoms with Crippen LogP contribution in [-0.2, 0) is 20.9 Å². The van der Waals surface area contributed by atoms with Crippen LogP contribution in [0.3, 0.4) is 0 Å². The van der Waals surface area contributed by atoms with Gasteiger partial charge in [0.15, 0.2) is 6.61 Å². The zero-order valence-corrected chi connectivity index (χ0v) is 19.2. The average molecular weight is 456 g/mol. The van der Waals surface area contributed by atoms with E-state index >= 15 is 0 Å². The highest BCUT2D eigenvalue weighted by Gasteiger charge is 2.36. The largest absolute Gasteiger partial charge is 0.454 e. The summed E-state index contributed by atoms with van der Waals surface area (Å²) in [5, 5.41) is 1.84. The van der Waals surface area contributed by atoms with Crippen LogP contribution >= 0.6 is 11.3 Å². The molecule has 0 spiro atoms. The Labute approximate surface area is 192 Å². The molecule has 2 amide bonds. The maximum Gasteiger partial charge on any atom is 0.329 e. The molecule has 32 heavy (non-hydrogen) atoms. The molecule has 0 unspecified atom stereocenters. The van der Waals surface area contributed by atoms with Crippen LogP contribution in [0.25, 0.3) is 0 Å². The van der Waals surface area contributed by atoms with Gasteiger partial charge in [-0.25, -0.2) is 4.79 Å². The molecule has 2 aliphatic heterocycles. The highest BCUT2D eigenvalue weighted by Crippen LogP contribution is 2.23. The van der Waals surface area contributed by atoms with Crippen LogP contribution in [0.4, 0.5) is 0 Å². The minimum atomic E-state index is -0.608. The topological polar surface area (TPSA) is 70.2 Å². The van der Waals surface area contributed by atoms with E-state index in [1.54, 1.807) is 15.9 Å². The molecule has 1 aromatic heterocycles. The number of rotatable bonds is 6. The molecule has 0 bridgehead atoms. The van der Waals surface area contributed by atoms with Crippen molar-refractivity contribution >= 4 is 29.1 Å². The first-order chi connectivity index (χ1) is 15.5. The number of likely N-dealkylation sites (tertiary alicyclic amines) is 1. The Balaban J connectivity index is 1.22. The van der Waals surface area contributed by atoms with Gasteiger partial charge in [0.1, 0.15) is 6.04 Å². The predicted molar refractivity (Wildman–Crippen MR) is 122 cm³/mol. The third-order valence-corrected chi connectivity index (χ3v) is 6.93. The second kappa shape index (κ2) is 10.3. The number of thiophene rings is 1. The monoisotopic (exact) mass is 455 g/mol. The van der Waals surface area contributed by atoms with E-state index in [2.05, 4.69) is 36.1 Å². The second-order valence-electron chi connectivity index (χ2n) is 8.39. The summed E-state index contributed by atoms with van der Waals surface area (Å²) in [5.41, 5.74) is 2.52. The van der Waals surface area contributed by atoms with Crippen LogP contribution in [0.2, 0.25) is 0 Å². The number of carbonyl (C=O) groups is 3. The Kier molecular flexibility index (Phi) is 7.22. The number of benzene rings is 1. The average Bonchev–Trinajstić information content (AvgIpc) is 3.50. The van der Waals surface area contributed by atoms with Gasteiger partial charge in [0.2, 0.25) is 0 Å². The summed E-state index contributed by atoms with van der Waals surface area (Å²) in [5.74, 6) is -0.808. The number of ether oxygens (including phenoxy) is 1. The van der Waals surface area contributed by atoms with Crippen LogP contribution in [-0.4, -0.2) is 77.9 Å². The summed E-state index contributed by atoms with van der Waals surface area (Å²) >= 11 is 1.36. The molecule has 0 saturated carbocycles. The smallest absolute Gasteiger partial charge is 0.329 e. The summed E-state index contributed by atoms with van der Waals surface area (Å²) < 4.78 is 5.34. The van der Waals surface area contributed by atoms with Gasteiger partial charge in [-0.15, -0.1) is 11.3 Å². The number of esters is 1. The zero-order chi connectivity index (χ0) is 22.5. The van der Waals surface area contributed by atoms with Crippen molar-refractivity contribution in [3.63, 3.8) is 0 Å². The van der Waals surface area contributed by atoms with E-state index in [1.165, 1.54) is 22.5 Å². The Morgan fingerprint density at radius 1 is 1.06 bits per heavy atom. The Morgan fingerprint density at radius 3 is 2.59 bits per heavy atom. The molecular weight excluding hydrogens is 426 g/mol. The maximum absolute atomic E-state index is 12.6. The third-order valence-electron chi connectivity index (χ3n) is 6.07. The molecule has 0 radical (unpaired) electrons. The van der Waals surface area contributed by atoms with E-state index in [4.69, 9.17) is 4.74 Å². The maximum atomic E-state index is 12.6. The number of aryl methyl sites for hydroxylation is 1. The number of hydrogen-bond acceptors (Lipinski definition) is 6. The zero-order valence-electron chi connectivity index (χ0n) is 18.4. The van der Waals surface area contributed by atoms with Crippen LogP contribution in [0, 0.1) is 6.92 Å². The number of amides is 2. The minimum absolute atomic E-state index is 0.143. The molecular formula is C24H29N3O4S. The Hall–Kier alpha value is -2.71. The fourth-order valence-corrected chi connectivity index (χ4v) is 5.02. The van der Waals surface area contributed by atoms with Crippen LogP contribution < -0.4 is 0 Å². The molecule has 2 aromatic rings. The fraction of sp³-hybridized carbons (Fsp3) is 0.458. The SMILES string of the molecule is Cc1cccc(CN2CCN(C(=O)COC(=O)[C@H]3CCCN3C(=O)c3cccs3)CC2)c1. The third kappa shape index (κ3) is 5.37. The molecule has 0 aliphatic carbocycles. The van der Waals surface area contributed by atoms with Crippen molar-refractivity contribution in [2.24, 2.45) is 0 Å². The molecule has 2 fully saturated rings. The van der Waals surface area contributed by atoms with Crippen molar-refractivity contribution in [3.05, 3.63) is 57.8 Å². The van der Waals surface area contributed by atoms with E-state index in [1.807, 2.05) is 11.4 Å². The first-order valence-corrected chi connectivity index (χ1v) is 12.0. The van der Waals surface area contributed by atoms with Crippen molar-refractivity contribution in [2.45, 2.75) is 32.4 Å². The Morgan fingerprint density at radius 2 is 1.88 bits per heavy atom. The van der Waals surface area contributed by atoms with Crippen molar-refractivity contribution in [1.29, 1.82) is 0 Å². The van der Waals surface area contributed by atoms with Crippen molar-refractivity contribution in [3.8, 4) is 0 Å². The number of piperazine rings is 1. The standard InChI is InChI=1S/C24H29N3O4S/c1-18-5-2-6-19(15-18)16-25-10-12-26(13-11-25)22(28)17-31-24(30)20-7-3-9-27(20)23(29)21-8-4-14-32-21/h2,4-6,8,14-15,20H,3,7,9-13,16-17H2,1H3/t20-/m1/s1.